The van der Waals surface area contributed by atoms with E-state index in [2.05, 4.69) is 22.0 Å². The Morgan fingerprint density at radius 2 is 2.11 bits per heavy atom. The van der Waals surface area contributed by atoms with Gasteiger partial charge in [0.05, 0.1) is 12.0 Å². The molecular weight excluding hydrogens is 312 g/mol. The van der Waals surface area contributed by atoms with Crippen molar-refractivity contribution in [1.82, 2.24) is 0 Å². The molecule has 1 nitrogen and oxygen atoms in total. The third kappa shape index (κ3) is 3.64. The van der Waals surface area contributed by atoms with Gasteiger partial charge in [-0.3, -0.25) is 0 Å². The van der Waals surface area contributed by atoms with Gasteiger partial charge in [0.1, 0.15) is 5.75 Å². The van der Waals surface area contributed by atoms with Gasteiger partial charge >= 0.3 is 0 Å². The molecule has 0 heterocycles. The van der Waals surface area contributed by atoms with Crippen LogP contribution >= 0.6 is 27.5 Å². The van der Waals surface area contributed by atoms with E-state index < -0.39 is 0 Å². The second-order valence-corrected chi connectivity index (χ2v) is 6.35. The third-order valence-electron chi connectivity index (χ3n) is 3.64. The Morgan fingerprint density at radius 3 is 2.72 bits per heavy atom. The van der Waals surface area contributed by atoms with Crippen LogP contribution in [0.25, 0.3) is 0 Å². The van der Waals surface area contributed by atoms with Crippen LogP contribution in [0, 0.1) is 5.92 Å². The fourth-order valence-corrected chi connectivity index (χ4v) is 3.89. The molecule has 3 heteroatoms. The second-order valence-electron chi connectivity index (χ2n) is 4.97. The molecule has 0 bridgehead atoms. The Kier molecular flexibility index (Phi) is 5.38. The molecule has 0 radical (unpaired) electrons. The number of benzene rings is 1. The molecule has 0 aromatic heterocycles. The first-order chi connectivity index (χ1) is 8.70. The first kappa shape index (κ1) is 14.2. The SMILES string of the molecule is CCOc1ccc(C(Cl)CC2CCCC2)c(Br)c1. The Hall–Kier alpha value is -0.210. The first-order valence-electron chi connectivity index (χ1n) is 6.77. The summed E-state index contributed by atoms with van der Waals surface area (Å²) in [6, 6.07) is 6.11. The highest BCUT2D eigenvalue weighted by atomic mass is 79.9. The average molecular weight is 332 g/mol. The van der Waals surface area contributed by atoms with Gasteiger partial charge < -0.3 is 4.74 Å². The summed E-state index contributed by atoms with van der Waals surface area (Å²) in [7, 11) is 0. The Morgan fingerprint density at radius 1 is 1.39 bits per heavy atom. The minimum atomic E-state index is 0.109. The highest BCUT2D eigenvalue weighted by Crippen LogP contribution is 2.39. The van der Waals surface area contributed by atoms with Gasteiger partial charge in [-0.05, 0) is 37.0 Å². The lowest BCUT2D eigenvalue weighted by Gasteiger charge is -2.17. The molecule has 1 fully saturated rings. The maximum atomic E-state index is 6.55. The highest BCUT2D eigenvalue weighted by molar-refractivity contribution is 9.10. The minimum Gasteiger partial charge on any atom is -0.494 e. The predicted octanol–water partition coefficient (Wildman–Crippen LogP) is 5.71. The van der Waals surface area contributed by atoms with Gasteiger partial charge in [-0.25, -0.2) is 0 Å². The lowest BCUT2D eigenvalue weighted by atomic mass is 9.98. The van der Waals surface area contributed by atoms with Crippen LogP contribution in [-0.2, 0) is 0 Å². The fraction of sp³-hybridized carbons (Fsp3) is 0.600. The van der Waals surface area contributed by atoms with Crippen LogP contribution in [0.1, 0.15) is 50.0 Å². The first-order valence-corrected chi connectivity index (χ1v) is 8.00. The van der Waals surface area contributed by atoms with Gasteiger partial charge in [0, 0.05) is 4.47 Å². The van der Waals surface area contributed by atoms with Gasteiger partial charge in [0.2, 0.25) is 0 Å². The number of halogens is 2. The van der Waals surface area contributed by atoms with Crippen LogP contribution in [0.3, 0.4) is 0 Å². The third-order valence-corrected chi connectivity index (χ3v) is 4.74. The highest BCUT2D eigenvalue weighted by Gasteiger charge is 2.21. The predicted molar refractivity (Wildman–Crippen MR) is 80.5 cm³/mol. The monoisotopic (exact) mass is 330 g/mol. The molecule has 0 N–H and O–H groups in total. The Bertz CT molecular complexity index is 388. The quantitative estimate of drug-likeness (QED) is 0.628. The van der Waals surface area contributed by atoms with E-state index in [0.717, 1.165) is 22.6 Å². The van der Waals surface area contributed by atoms with Crippen molar-refractivity contribution in [3.05, 3.63) is 28.2 Å². The van der Waals surface area contributed by atoms with Crippen molar-refractivity contribution in [2.24, 2.45) is 5.92 Å². The summed E-state index contributed by atoms with van der Waals surface area (Å²) in [6.07, 6.45) is 6.53. The number of rotatable bonds is 5. The number of ether oxygens (including phenoxy) is 1. The fourth-order valence-electron chi connectivity index (χ4n) is 2.68. The summed E-state index contributed by atoms with van der Waals surface area (Å²) < 4.78 is 6.54. The summed E-state index contributed by atoms with van der Waals surface area (Å²) in [5.41, 5.74) is 1.19. The van der Waals surface area contributed by atoms with Gasteiger partial charge in [0.25, 0.3) is 0 Å². The summed E-state index contributed by atoms with van der Waals surface area (Å²) in [5.74, 6) is 1.71. The molecule has 1 atom stereocenters. The molecule has 1 saturated carbocycles. The van der Waals surface area contributed by atoms with Gasteiger partial charge in [-0.2, -0.15) is 0 Å². The smallest absolute Gasteiger partial charge is 0.120 e. The summed E-state index contributed by atoms with van der Waals surface area (Å²) in [6.45, 7) is 2.68. The summed E-state index contributed by atoms with van der Waals surface area (Å²) >= 11 is 10.2. The molecule has 0 saturated heterocycles. The second kappa shape index (κ2) is 6.81. The van der Waals surface area contributed by atoms with E-state index in [4.69, 9.17) is 16.3 Å². The molecule has 1 aliphatic carbocycles. The zero-order valence-corrected chi connectivity index (χ0v) is 13.1. The maximum absolute atomic E-state index is 6.55. The Labute approximate surface area is 123 Å². The van der Waals surface area contributed by atoms with E-state index in [1.165, 1.54) is 31.2 Å². The van der Waals surface area contributed by atoms with Gasteiger partial charge in [-0.15, -0.1) is 11.6 Å². The molecule has 1 aliphatic rings. The molecular formula is C15H20BrClO. The Balaban J connectivity index is 2.02. The van der Waals surface area contributed by atoms with Crippen molar-refractivity contribution in [3.8, 4) is 5.75 Å². The van der Waals surface area contributed by atoms with Crippen molar-refractivity contribution in [1.29, 1.82) is 0 Å². The average Bonchev–Trinajstić information content (AvgIpc) is 2.82. The molecule has 1 unspecified atom stereocenters. The molecule has 0 amide bonds. The summed E-state index contributed by atoms with van der Waals surface area (Å²) in [5, 5.41) is 0.109. The summed E-state index contributed by atoms with van der Waals surface area (Å²) in [4.78, 5) is 0. The zero-order chi connectivity index (χ0) is 13.0. The van der Waals surface area contributed by atoms with Crippen molar-refractivity contribution in [2.45, 2.75) is 44.4 Å². The molecule has 0 spiro atoms. The minimum absolute atomic E-state index is 0.109. The van der Waals surface area contributed by atoms with E-state index in [0.29, 0.717) is 6.61 Å². The van der Waals surface area contributed by atoms with Crippen LogP contribution in [-0.4, -0.2) is 6.61 Å². The standard InChI is InChI=1S/C15H20BrClO/c1-2-18-12-7-8-13(14(16)10-12)15(17)9-11-5-3-4-6-11/h7-8,10-11,15H,2-6,9H2,1H3. The lowest BCUT2D eigenvalue weighted by molar-refractivity contribution is 0.340. The topological polar surface area (TPSA) is 9.23 Å². The molecule has 2 rings (SSSR count). The van der Waals surface area contributed by atoms with Crippen molar-refractivity contribution < 1.29 is 4.74 Å². The number of hydrogen-bond acceptors (Lipinski definition) is 1. The van der Waals surface area contributed by atoms with E-state index in [9.17, 15) is 0 Å². The van der Waals surface area contributed by atoms with Crippen LogP contribution in [0.2, 0.25) is 0 Å². The largest absolute Gasteiger partial charge is 0.494 e. The van der Waals surface area contributed by atoms with E-state index in [1.54, 1.807) is 0 Å². The number of alkyl halides is 1. The molecule has 1 aromatic rings. The van der Waals surface area contributed by atoms with E-state index >= 15 is 0 Å². The maximum Gasteiger partial charge on any atom is 0.120 e. The van der Waals surface area contributed by atoms with Crippen molar-refractivity contribution >= 4 is 27.5 Å². The van der Waals surface area contributed by atoms with Gasteiger partial charge in [0.15, 0.2) is 0 Å². The normalized spacial score (nSPS) is 17.9. The van der Waals surface area contributed by atoms with Crippen molar-refractivity contribution in [3.63, 3.8) is 0 Å². The molecule has 100 valence electrons. The molecule has 18 heavy (non-hydrogen) atoms. The molecule has 0 aliphatic heterocycles. The van der Waals surface area contributed by atoms with E-state index in [-0.39, 0.29) is 5.38 Å². The van der Waals surface area contributed by atoms with Crippen LogP contribution in [0.4, 0.5) is 0 Å². The molecule has 1 aromatic carbocycles. The zero-order valence-electron chi connectivity index (χ0n) is 10.8. The number of hydrogen-bond donors (Lipinski definition) is 0. The van der Waals surface area contributed by atoms with E-state index in [1.807, 2.05) is 19.1 Å². The van der Waals surface area contributed by atoms with Crippen LogP contribution in [0.15, 0.2) is 22.7 Å². The van der Waals surface area contributed by atoms with Crippen LogP contribution in [0.5, 0.6) is 5.75 Å². The van der Waals surface area contributed by atoms with Crippen molar-refractivity contribution in [2.75, 3.05) is 6.61 Å². The lowest BCUT2D eigenvalue weighted by Crippen LogP contribution is -2.01. The van der Waals surface area contributed by atoms with Crippen LogP contribution < -0.4 is 4.74 Å². The van der Waals surface area contributed by atoms with Gasteiger partial charge in [-0.1, -0.05) is 47.7 Å².